The summed E-state index contributed by atoms with van der Waals surface area (Å²) in [7, 11) is 0. The fraction of sp³-hybridized carbons (Fsp3) is 0.692. The minimum absolute atomic E-state index is 0.218. The molecule has 1 N–H and O–H groups in total. The summed E-state index contributed by atoms with van der Waals surface area (Å²) in [5.41, 5.74) is 0.218. The molecule has 0 spiro atoms. The first-order chi connectivity index (χ1) is 8.63. The second-order valence-corrected chi connectivity index (χ2v) is 6.02. The monoisotopic (exact) mass is 268 g/mol. The Balaban J connectivity index is 2.22. The number of carboxylic acids is 1. The normalized spacial score (nSPS) is 20.1. The minimum Gasteiger partial charge on any atom is -0.476 e. The highest BCUT2D eigenvalue weighted by Crippen LogP contribution is 2.32. The van der Waals surface area contributed by atoms with Crippen molar-refractivity contribution in [3.63, 3.8) is 0 Å². The van der Waals surface area contributed by atoms with Gasteiger partial charge in [-0.1, -0.05) is 13.3 Å². The van der Waals surface area contributed by atoms with Crippen LogP contribution in [-0.4, -0.2) is 28.6 Å². The molecule has 100 valence electrons. The van der Waals surface area contributed by atoms with Crippen molar-refractivity contribution in [2.45, 2.75) is 52.0 Å². The van der Waals surface area contributed by atoms with Crippen molar-refractivity contribution in [2.24, 2.45) is 0 Å². The summed E-state index contributed by atoms with van der Waals surface area (Å²) in [6.45, 7) is 5.04. The van der Waals surface area contributed by atoms with Crippen molar-refractivity contribution < 1.29 is 9.90 Å². The van der Waals surface area contributed by atoms with Gasteiger partial charge in [0.25, 0.3) is 0 Å². The minimum atomic E-state index is -0.918. The highest BCUT2D eigenvalue weighted by Gasteiger charge is 2.26. The number of nitrogens with zero attached hydrogens (tertiary/aromatic N) is 2. The molecule has 0 saturated carbocycles. The SMILES string of the molecule is CCCC1CCCCN1c1nc(C(=O)O)c(C)s1. The molecule has 0 aliphatic carbocycles. The van der Waals surface area contributed by atoms with Crippen LogP contribution in [-0.2, 0) is 0 Å². The lowest BCUT2D eigenvalue weighted by molar-refractivity contribution is 0.0690. The van der Waals surface area contributed by atoms with Gasteiger partial charge in [-0.3, -0.25) is 0 Å². The molecule has 1 aromatic heterocycles. The number of aromatic nitrogens is 1. The maximum Gasteiger partial charge on any atom is 0.355 e. The lowest BCUT2D eigenvalue weighted by Crippen LogP contribution is -2.39. The van der Waals surface area contributed by atoms with E-state index in [2.05, 4.69) is 16.8 Å². The van der Waals surface area contributed by atoms with E-state index in [1.165, 1.54) is 37.0 Å². The van der Waals surface area contributed by atoms with E-state index in [9.17, 15) is 4.79 Å². The number of rotatable bonds is 4. The summed E-state index contributed by atoms with van der Waals surface area (Å²) in [5, 5.41) is 9.96. The summed E-state index contributed by atoms with van der Waals surface area (Å²) < 4.78 is 0. The van der Waals surface area contributed by atoms with Crippen LogP contribution in [0.3, 0.4) is 0 Å². The number of anilines is 1. The molecular weight excluding hydrogens is 248 g/mol. The Morgan fingerprint density at radius 3 is 2.94 bits per heavy atom. The standard InChI is InChI=1S/C13H20N2O2S/c1-3-6-10-7-4-5-8-15(10)13-14-11(12(16)17)9(2)18-13/h10H,3-8H2,1-2H3,(H,16,17). The molecule has 1 aliphatic rings. The first kappa shape index (κ1) is 13.3. The molecular formula is C13H20N2O2S. The molecule has 0 radical (unpaired) electrons. The quantitative estimate of drug-likeness (QED) is 0.910. The van der Waals surface area contributed by atoms with Crippen molar-refractivity contribution in [1.29, 1.82) is 0 Å². The van der Waals surface area contributed by atoms with Crippen molar-refractivity contribution in [1.82, 2.24) is 4.98 Å². The number of thiazole rings is 1. The first-order valence-corrected chi connectivity index (χ1v) is 7.42. The van der Waals surface area contributed by atoms with Gasteiger partial charge in [-0.15, -0.1) is 11.3 Å². The van der Waals surface area contributed by atoms with Gasteiger partial charge in [0.05, 0.1) is 0 Å². The zero-order chi connectivity index (χ0) is 13.1. The molecule has 5 heteroatoms. The molecule has 1 fully saturated rings. The van der Waals surface area contributed by atoms with E-state index in [1.54, 1.807) is 0 Å². The molecule has 18 heavy (non-hydrogen) atoms. The Morgan fingerprint density at radius 1 is 1.56 bits per heavy atom. The van der Waals surface area contributed by atoms with Crippen LogP contribution in [0.1, 0.15) is 54.4 Å². The Bertz CT molecular complexity index is 429. The molecule has 1 saturated heterocycles. The van der Waals surface area contributed by atoms with E-state index >= 15 is 0 Å². The molecule has 1 aliphatic heterocycles. The fourth-order valence-electron chi connectivity index (χ4n) is 2.59. The lowest BCUT2D eigenvalue weighted by Gasteiger charge is -2.35. The third kappa shape index (κ3) is 2.66. The van der Waals surface area contributed by atoms with Crippen LogP contribution in [0.15, 0.2) is 0 Å². The van der Waals surface area contributed by atoms with Crippen LogP contribution in [0, 0.1) is 6.92 Å². The van der Waals surface area contributed by atoms with E-state index in [4.69, 9.17) is 5.11 Å². The number of aryl methyl sites for hydroxylation is 1. The first-order valence-electron chi connectivity index (χ1n) is 6.60. The number of hydrogen-bond acceptors (Lipinski definition) is 4. The van der Waals surface area contributed by atoms with Crippen LogP contribution in [0.2, 0.25) is 0 Å². The maximum absolute atomic E-state index is 11.1. The molecule has 0 aromatic carbocycles. The van der Waals surface area contributed by atoms with Gasteiger partial charge in [0.1, 0.15) is 0 Å². The van der Waals surface area contributed by atoms with E-state index < -0.39 is 5.97 Å². The van der Waals surface area contributed by atoms with Crippen molar-refractivity contribution in [3.05, 3.63) is 10.6 Å². The van der Waals surface area contributed by atoms with Gasteiger partial charge in [0, 0.05) is 17.5 Å². The fourth-order valence-corrected chi connectivity index (χ4v) is 3.59. The van der Waals surface area contributed by atoms with Crippen LogP contribution in [0.4, 0.5) is 5.13 Å². The lowest BCUT2D eigenvalue weighted by atomic mass is 9.99. The molecule has 4 nitrogen and oxygen atoms in total. The molecule has 2 heterocycles. The number of hydrogen-bond donors (Lipinski definition) is 1. The summed E-state index contributed by atoms with van der Waals surface area (Å²) in [6, 6.07) is 0.538. The van der Waals surface area contributed by atoms with Gasteiger partial charge < -0.3 is 10.0 Å². The Kier molecular flexibility index (Phi) is 4.22. The number of carboxylic acid groups (broad SMARTS) is 1. The predicted octanol–water partition coefficient (Wildman–Crippen LogP) is 3.31. The second-order valence-electron chi connectivity index (χ2n) is 4.84. The molecule has 0 amide bonds. The smallest absolute Gasteiger partial charge is 0.355 e. The number of aromatic carboxylic acids is 1. The second kappa shape index (κ2) is 5.69. The molecule has 0 bridgehead atoms. The van der Waals surface area contributed by atoms with E-state index in [1.807, 2.05) is 6.92 Å². The van der Waals surface area contributed by atoms with Crippen LogP contribution in [0.25, 0.3) is 0 Å². The van der Waals surface area contributed by atoms with E-state index in [-0.39, 0.29) is 5.69 Å². The topological polar surface area (TPSA) is 53.4 Å². The van der Waals surface area contributed by atoms with Crippen LogP contribution >= 0.6 is 11.3 Å². The maximum atomic E-state index is 11.1. The molecule has 2 rings (SSSR count). The number of piperidine rings is 1. The van der Waals surface area contributed by atoms with Gasteiger partial charge in [-0.2, -0.15) is 0 Å². The molecule has 1 unspecified atom stereocenters. The summed E-state index contributed by atoms with van der Waals surface area (Å²) in [6.07, 6.45) is 5.99. The zero-order valence-electron chi connectivity index (χ0n) is 11.0. The largest absolute Gasteiger partial charge is 0.476 e. The van der Waals surface area contributed by atoms with Gasteiger partial charge in [-0.25, -0.2) is 9.78 Å². The van der Waals surface area contributed by atoms with Gasteiger partial charge in [0.2, 0.25) is 0 Å². The number of carbonyl (C=O) groups is 1. The van der Waals surface area contributed by atoms with Gasteiger partial charge in [-0.05, 0) is 32.6 Å². The van der Waals surface area contributed by atoms with Crippen LogP contribution < -0.4 is 4.90 Å². The van der Waals surface area contributed by atoms with Gasteiger partial charge in [0.15, 0.2) is 10.8 Å². The van der Waals surface area contributed by atoms with Gasteiger partial charge >= 0.3 is 5.97 Å². The van der Waals surface area contributed by atoms with Crippen molar-refractivity contribution in [2.75, 3.05) is 11.4 Å². The predicted molar refractivity (Wildman–Crippen MR) is 73.7 cm³/mol. The average molecular weight is 268 g/mol. The summed E-state index contributed by atoms with van der Waals surface area (Å²) in [4.78, 5) is 18.5. The third-order valence-corrected chi connectivity index (χ3v) is 4.49. The summed E-state index contributed by atoms with van der Waals surface area (Å²) in [5.74, 6) is -0.918. The Morgan fingerprint density at radius 2 is 2.33 bits per heavy atom. The van der Waals surface area contributed by atoms with Crippen LogP contribution in [0.5, 0.6) is 0 Å². The third-order valence-electron chi connectivity index (χ3n) is 3.48. The van der Waals surface area contributed by atoms with E-state index in [0.717, 1.165) is 23.0 Å². The molecule has 1 aromatic rings. The highest BCUT2D eigenvalue weighted by atomic mass is 32.1. The average Bonchev–Trinajstić information content (AvgIpc) is 2.72. The summed E-state index contributed by atoms with van der Waals surface area (Å²) >= 11 is 1.51. The molecule has 1 atom stereocenters. The van der Waals surface area contributed by atoms with E-state index in [0.29, 0.717) is 6.04 Å². The Hall–Kier alpha value is -1.10. The highest BCUT2D eigenvalue weighted by molar-refractivity contribution is 7.15. The van der Waals surface area contributed by atoms with Crippen molar-refractivity contribution >= 4 is 22.4 Å². The zero-order valence-corrected chi connectivity index (χ0v) is 11.8. The van der Waals surface area contributed by atoms with Crippen molar-refractivity contribution in [3.8, 4) is 0 Å². The Labute approximate surface area is 112 Å².